The molecule has 356 valence electrons. The van der Waals surface area contributed by atoms with Gasteiger partial charge in [-0.2, -0.15) is 0 Å². The van der Waals surface area contributed by atoms with Crippen LogP contribution in [0.25, 0.3) is 11.3 Å². The minimum atomic E-state index is -1.13. The highest BCUT2D eigenvalue weighted by atomic mass is 35.5. The summed E-state index contributed by atoms with van der Waals surface area (Å²) < 4.78 is 43.0. The molecule has 3 aliphatic heterocycles. The number of ether oxygens (including phenoxy) is 5. The van der Waals surface area contributed by atoms with E-state index < -0.39 is 48.0 Å². The molecule has 4 aromatic carbocycles. The Hall–Kier alpha value is -7.81. The van der Waals surface area contributed by atoms with Crippen LogP contribution in [-0.2, 0) is 30.4 Å². The van der Waals surface area contributed by atoms with E-state index in [9.17, 15) is 28.8 Å². The van der Waals surface area contributed by atoms with Crippen LogP contribution in [0.15, 0.2) is 84.0 Å². The summed E-state index contributed by atoms with van der Waals surface area (Å²) in [4.78, 5) is 90.7. The summed E-state index contributed by atoms with van der Waals surface area (Å²) in [6.45, 7) is 0.849. The highest BCUT2D eigenvalue weighted by Gasteiger charge is 2.46. The minimum absolute atomic E-state index is 0.0106. The number of hydrogen-bond donors (Lipinski definition) is 4. The van der Waals surface area contributed by atoms with Crippen LogP contribution in [0.3, 0.4) is 0 Å². The highest BCUT2D eigenvalue weighted by molar-refractivity contribution is 6.32. The van der Waals surface area contributed by atoms with Crippen molar-refractivity contribution in [3.63, 3.8) is 0 Å². The quantitative estimate of drug-likeness (QED) is 0.0663. The molecule has 21 heteroatoms. The topological polar surface area (TPSA) is 238 Å². The van der Waals surface area contributed by atoms with Gasteiger partial charge in [0.1, 0.15) is 29.1 Å². The molecule has 5 aromatic rings. The van der Waals surface area contributed by atoms with E-state index >= 15 is 4.39 Å². The Balaban J connectivity index is 0.753. The number of benzene rings is 4. The molecule has 0 aliphatic carbocycles. The van der Waals surface area contributed by atoms with Crippen molar-refractivity contribution < 1.29 is 56.8 Å². The Labute approximate surface area is 398 Å². The number of anilines is 2. The van der Waals surface area contributed by atoms with Crippen LogP contribution < -0.4 is 35.5 Å². The van der Waals surface area contributed by atoms with Crippen molar-refractivity contribution >= 4 is 64.4 Å². The summed E-state index contributed by atoms with van der Waals surface area (Å²) in [5.41, 5.74) is 3.93. The fraction of sp³-hybridized carbons (Fsp3) is 0.271. The first-order valence-corrected chi connectivity index (χ1v) is 22.0. The first-order chi connectivity index (χ1) is 33.4. The average molecular weight is 963 g/mol. The zero-order valence-corrected chi connectivity index (χ0v) is 37.9. The summed E-state index contributed by atoms with van der Waals surface area (Å²) in [5, 5.41) is 11.2. The van der Waals surface area contributed by atoms with E-state index in [2.05, 4.69) is 26.3 Å². The van der Waals surface area contributed by atoms with Crippen molar-refractivity contribution in [3.8, 4) is 28.5 Å². The fourth-order valence-electron chi connectivity index (χ4n) is 7.90. The zero-order valence-electron chi connectivity index (χ0n) is 37.2. The van der Waals surface area contributed by atoms with Gasteiger partial charge in [0.05, 0.1) is 80.9 Å². The monoisotopic (exact) mass is 962 g/mol. The molecule has 1 unspecified atom stereocenters. The molecule has 1 aromatic heterocycles. The molecule has 1 fully saturated rings. The predicted octanol–water partition coefficient (Wildman–Crippen LogP) is 4.41. The lowest BCUT2D eigenvalue weighted by atomic mass is 9.94. The van der Waals surface area contributed by atoms with Gasteiger partial charge in [-0.05, 0) is 55.0 Å². The number of imide groups is 2. The summed E-state index contributed by atoms with van der Waals surface area (Å²) in [5.74, 6) is -3.13. The maximum absolute atomic E-state index is 15.3. The van der Waals surface area contributed by atoms with Crippen molar-refractivity contribution in [1.29, 1.82) is 0 Å². The van der Waals surface area contributed by atoms with Gasteiger partial charge >= 0.3 is 0 Å². The molecule has 0 bridgehead atoms. The van der Waals surface area contributed by atoms with Crippen LogP contribution in [-0.4, -0.2) is 122 Å². The van der Waals surface area contributed by atoms with Gasteiger partial charge in [0.2, 0.25) is 17.8 Å². The predicted molar refractivity (Wildman–Crippen MR) is 247 cm³/mol. The lowest BCUT2D eigenvalue weighted by molar-refractivity contribution is -0.136. The van der Waals surface area contributed by atoms with Crippen LogP contribution in [0, 0.1) is 5.82 Å². The highest BCUT2D eigenvalue weighted by Crippen LogP contribution is 2.37. The molecular formula is C48H44ClFN8O11. The number of carbonyl (C=O) groups is 6. The molecule has 4 heterocycles. The second-order valence-electron chi connectivity index (χ2n) is 15.5. The van der Waals surface area contributed by atoms with E-state index in [1.54, 1.807) is 48.7 Å². The number of aromatic nitrogens is 2. The third kappa shape index (κ3) is 10.5. The SMILES string of the molecule is COc1cc(Nc2ncc3c(n2)-c2ccc(Cl)cc2C(c2c(F)cccc2OC)=NC3)ccc1C(=O)NCCOCCOCCNC(=O)COc1cccc2c1C(=O)N(C1CCC(=O)NC1=O)C2=O. The third-order valence-corrected chi connectivity index (χ3v) is 11.4. The van der Waals surface area contributed by atoms with Crippen molar-refractivity contribution in [2.75, 3.05) is 65.7 Å². The Morgan fingerprint density at radius 2 is 1.58 bits per heavy atom. The zero-order chi connectivity index (χ0) is 48.6. The van der Waals surface area contributed by atoms with Gasteiger partial charge in [0, 0.05) is 59.2 Å². The Morgan fingerprint density at radius 1 is 0.826 bits per heavy atom. The first-order valence-electron chi connectivity index (χ1n) is 21.6. The molecule has 4 N–H and O–H groups in total. The first kappa shape index (κ1) is 47.7. The fourth-order valence-corrected chi connectivity index (χ4v) is 8.08. The minimum Gasteiger partial charge on any atom is -0.496 e. The smallest absolute Gasteiger partial charge is 0.266 e. The van der Waals surface area contributed by atoms with Gasteiger partial charge in [-0.15, -0.1) is 0 Å². The Bertz CT molecular complexity index is 2900. The molecule has 3 aliphatic rings. The van der Waals surface area contributed by atoms with E-state index in [1.165, 1.54) is 38.5 Å². The number of nitrogens with one attached hydrogen (secondary N) is 4. The van der Waals surface area contributed by atoms with Crippen molar-refractivity contribution in [3.05, 3.63) is 123 Å². The summed E-state index contributed by atoms with van der Waals surface area (Å²) >= 11 is 6.44. The molecule has 0 spiro atoms. The number of fused-ring (bicyclic) bond motifs is 4. The van der Waals surface area contributed by atoms with E-state index in [1.807, 2.05) is 6.07 Å². The molecule has 6 amide bonds. The lowest BCUT2D eigenvalue weighted by Gasteiger charge is -2.27. The van der Waals surface area contributed by atoms with Crippen LogP contribution in [0.1, 0.15) is 60.6 Å². The number of nitrogens with zero attached hydrogens (tertiary/aromatic N) is 4. The lowest BCUT2D eigenvalue weighted by Crippen LogP contribution is -2.54. The molecule has 8 rings (SSSR count). The molecule has 69 heavy (non-hydrogen) atoms. The van der Waals surface area contributed by atoms with Gasteiger partial charge in [-0.25, -0.2) is 14.4 Å². The van der Waals surface area contributed by atoms with Crippen molar-refractivity contribution in [1.82, 2.24) is 30.8 Å². The Morgan fingerprint density at radius 3 is 2.35 bits per heavy atom. The second-order valence-corrected chi connectivity index (χ2v) is 16.0. The molecule has 1 saturated heterocycles. The standard InChI is InChI=1S/C48H44ClFN8O11/c1-65-35-7-4-6-33(50)41(35)43-32-21-27(49)9-11-29(32)42-26(23-53-43)24-54-48(57-42)55-28-10-12-30(37(22-28)66-2)44(61)52-16-18-68-20-19-67-17-15-51-39(60)25-69-36-8-3-5-31-40(36)47(64)58(46(31)63)34-13-14-38(59)56-45(34)62/h3-12,21-22,24,34H,13-20,23,25H2,1-2H3,(H,51,60)(H,52,61)(H,54,55,57)(H,56,59,62). The average Bonchev–Trinajstić information content (AvgIpc) is 3.49. The second kappa shape index (κ2) is 21.4. The maximum Gasteiger partial charge on any atom is 0.266 e. The van der Waals surface area contributed by atoms with Crippen LogP contribution in [0.5, 0.6) is 17.2 Å². The van der Waals surface area contributed by atoms with E-state index in [0.717, 1.165) is 4.90 Å². The van der Waals surface area contributed by atoms with E-state index in [0.29, 0.717) is 50.3 Å². The number of halogens is 2. The summed E-state index contributed by atoms with van der Waals surface area (Å²) in [7, 11) is 2.92. The third-order valence-electron chi connectivity index (χ3n) is 11.2. The van der Waals surface area contributed by atoms with Gasteiger partial charge in [-0.1, -0.05) is 29.8 Å². The molecule has 1 atom stereocenters. The molecule has 19 nitrogen and oxygen atoms in total. The summed E-state index contributed by atoms with van der Waals surface area (Å²) in [6.07, 6.45) is 1.65. The number of rotatable bonds is 19. The van der Waals surface area contributed by atoms with Crippen molar-refractivity contribution in [2.24, 2.45) is 4.99 Å². The van der Waals surface area contributed by atoms with E-state index in [4.69, 9.17) is 45.3 Å². The number of hydrogen-bond acceptors (Lipinski definition) is 15. The largest absolute Gasteiger partial charge is 0.496 e. The molecular weight excluding hydrogens is 919 g/mol. The molecule has 0 radical (unpaired) electrons. The molecule has 0 saturated carbocycles. The number of amides is 6. The van der Waals surface area contributed by atoms with Crippen molar-refractivity contribution in [2.45, 2.75) is 25.4 Å². The van der Waals surface area contributed by atoms with Gasteiger partial charge in [0.15, 0.2) is 6.61 Å². The number of piperidine rings is 1. The summed E-state index contributed by atoms with van der Waals surface area (Å²) in [6, 6.07) is 18.0. The van der Waals surface area contributed by atoms with Crippen LogP contribution in [0.2, 0.25) is 5.02 Å². The van der Waals surface area contributed by atoms with Crippen LogP contribution >= 0.6 is 11.6 Å². The normalized spacial score (nSPS) is 15.0. The van der Waals surface area contributed by atoms with Crippen LogP contribution in [0.4, 0.5) is 16.0 Å². The van der Waals surface area contributed by atoms with Gasteiger partial charge in [0.25, 0.3) is 23.6 Å². The van der Waals surface area contributed by atoms with Gasteiger partial charge in [-0.3, -0.25) is 44.0 Å². The number of carbonyl (C=O) groups excluding carboxylic acids is 6. The number of methoxy groups -OCH3 is 2. The van der Waals surface area contributed by atoms with E-state index in [-0.39, 0.29) is 98.8 Å². The van der Waals surface area contributed by atoms with Gasteiger partial charge < -0.3 is 39.6 Å². The number of aliphatic imine (C=N–C) groups is 1. The maximum atomic E-state index is 15.3. The Kier molecular flexibility index (Phi) is 14.8.